The highest BCUT2D eigenvalue weighted by Gasteiger charge is 2.17. The van der Waals surface area contributed by atoms with Crippen LogP contribution >= 0.6 is 11.6 Å². The Morgan fingerprint density at radius 2 is 2.15 bits per heavy atom. The van der Waals surface area contributed by atoms with Crippen molar-refractivity contribution in [3.63, 3.8) is 0 Å². The number of anilines is 1. The summed E-state index contributed by atoms with van der Waals surface area (Å²) in [5.74, 6) is 2.14. The highest BCUT2D eigenvalue weighted by atomic mass is 35.5. The molecule has 6 heteroatoms. The quantitative estimate of drug-likeness (QED) is 0.756. The maximum atomic E-state index is 6.06. The first-order valence-corrected chi connectivity index (χ1v) is 7.47. The Labute approximate surface area is 125 Å². The van der Waals surface area contributed by atoms with E-state index in [1.807, 2.05) is 14.0 Å². The first kappa shape index (κ1) is 15.5. The van der Waals surface area contributed by atoms with E-state index in [1.54, 1.807) is 6.07 Å². The molecule has 2 heterocycles. The van der Waals surface area contributed by atoms with Gasteiger partial charge < -0.3 is 14.4 Å². The van der Waals surface area contributed by atoms with Crippen LogP contribution in [0.5, 0.6) is 0 Å². The minimum atomic E-state index is 0.398. The molecule has 2 rings (SSSR count). The molecule has 0 atom stereocenters. The smallest absolute Gasteiger partial charge is 0.158 e. The van der Waals surface area contributed by atoms with Crippen LogP contribution in [0.2, 0.25) is 5.15 Å². The topological polar surface area (TPSA) is 47.5 Å². The van der Waals surface area contributed by atoms with Crippen LogP contribution in [0.15, 0.2) is 6.07 Å². The Hall–Kier alpha value is -0.910. The summed E-state index contributed by atoms with van der Waals surface area (Å²) in [6.07, 6.45) is 2.21. The summed E-state index contributed by atoms with van der Waals surface area (Å²) in [6, 6.07) is 1.80. The van der Waals surface area contributed by atoms with Gasteiger partial charge in [-0.05, 0) is 25.7 Å². The molecule has 0 unspecified atom stereocenters. The molecular formula is C14H22ClN3O2. The van der Waals surface area contributed by atoms with Crippen molar-refractivity contribution in [2.45, 2.75) is 26.4 Å². The van der Waals surface area contributed by atoms with Crippen LogP contribution in [0, 0.1) is 5.92 Å². The highest BCUT2D eigenvalue weighted by Crippen LogP contribution is 2.20. The van der Waals surface area contributed by atoms with Gasteiger partial charge in [-0.2, -0.15) is 0 Å². The van der Waals surface area contributed by atoms with Crippen LogP contribution in [0.3, 0.4) is 0 Å². The minimum Gasteiger partial charge on any atom is -0.381 e. The summed E-state index contributed by atoms with van der Waals surface area (Å²) in [5.41, 5.74) is 0. The summed E-state index contributed by atoms with van der Waals surface area (Å²) in [5, 5.41) is 0.462. The second-order valence-corrected chi connectivity index (χ2v) is 5.43. The number of ether oxygens (including phenoxy) is 2. The summed E-state index contributed by atoms with van der Waals surface area (Å²) < 4.78 is 10.7. The van der Waals surface area contributed by atoms with Gasteiger partial charge >= 0.3 is 0 Å². The summed E-state index contributed by atoms with van der Waals surface area (Å²) in [7, 11) is 2.04. The lowest BCUT2D eigenvalue weighted by molar-refractivity contribution is 0.0685. The number of hydrogen-bond donors (Lipinski definition) is 0. The first-order valence-electron chi connectivity index (χ1n) is 7.09. The molecule has 112 valence electrons. The van der Waals surface area contributed by atoms with Gasteiger partial charge in [0, 0.05) is 39.5 Å². The third-order valence-electron chi connectivity index (χ3n) is 3.43. The number of aromatic nitrogens is 2. The van der Waals surface area contributed by atoms with E-state index in [0.717, 1.165) is 38.4 Å². The second kappa shape index (κ2) is 7.76. The van der Waals surface area contributed by atoms with Gasteiger partial charge in [-0.3, -0.25) is 0 Å². The highest BCUT2D eigenvalue weighted by molar-refractivity contribution is 6.29. The van der Waals surface area contributed by atoms with Crippen LogP contribution in [-0.4, -0.2) is 43.4 Å². The van der Waals surface area contributed by atoms with E-state index in [2.05, 4.69) is 14.9 Å². The lowest BCUT2D eigenvalue weighted by Gasteiger charge is -2.28. The molecule has 20 heavy (non-hydrogen) atoms. The van der Waals surface area contributed by atoms with Gasteiger partial charge in [0.1, 0.15) is 17.6 Å². The van der Waals surface area contributed by atoms with Crippen LogP contribution in [-0.2, 0) is 16.1 Å². The van der Waals surface area contributed by atoms with E-state index < -0.39 is 0 Å². The maximum absolute atomic E-state index is 6.06. The monoisotopic (exact) mass is 299 g/mol. The molecule has 0 N–H and O–H groups in total. The predicted molar refractivity (Wildman–Crippen MR) is 79.2 cm³/mol. The Bertz CT molecular complexity index is 425. The molecule has 5 nitrogen and oxygen atoms in total. The third-order valence-corrected chi connectivity index (χ3v) is 3.62. The van der Waals surface area contributed by atoms with E-state index in [4.69, 9.17) is 21.1 Å². The third kappa shape index (κ3) is 4.58. The average Bonchev–Trinajstić information content (AvgIpc) is 2.45. The molecule has 1 aromatic heterocycles. The van der Waals surface area contributed by atoms with Crippen molar-refractivity contribution >= 4 is 17.4 Å². The molecule has 0 amide bonds. The van der Waals surface area contributed by atoms with Crippen LogP contribution in [0.4, 0.5) is 5.82 Å². The van der Waals surface area contributed by atoms with Crippen LogP contribution < -0.4 is 4.90 Å². The Morgan fingerprint density at radius 1 is 1.40 bits per heavy atom. The predicted octanol–water partition coefficient (Wildman–Crippen LogP) is 2.53. The standard InChI is InChI=1S/C14H22ClN3O2/c1-3-19-10-13-16-12(15)8-14(17-13)18(2)9-11-4-6-20-7-5-11/h8,11H,3-7,9-10H2,1-2H3. The fourth-order valence-corrected chi connectivity index (χ4v) is 2.51. The van der Waals surface area contributed by atoms with E-state index in [1.165, 1.54) is 0 Å². The Morgan fingerprint density at radius 3 is 2.85 bits per heavy atom. The SMILES string of the molecule is CCOCc1nc(Cl)cc(N(C)CC2CCOCC2)n1. The zero-order valence-electron chi connectivity index (χ0n) is 12.1. The second-order valence-electron chi connectivity index (χ2n) is 5.04. The Balaban J connectivity index is 2.00. The van der Waals surface area contributed by atoms with Crippen LogP contribution in [0.1, 0.15) is 25.6 Å². The fourth-order valence-electron chi connectivity index (χ4n) is 2.31. The van der Waals surface area contributed by atoms with Crippen molar-refractivity contribution in [2.24, 2.45) is 5.92 Å². The number of nitrogens with zero attached hydrogens (tertiary/aromatic N) is 3. The molecule has 0 aliphatic carbocycles. The zero-order valence-corrected chi connectivity index (χ0v) is 12.9. The molecular weight excluding hydrogens is 278 g/mol. The molecule has 0 bridgehead atoms. The number of hydrogen-bond acceptors (Lipinski definition) is 5. The molecule has 0 spiro atoms. The summed E-state index contributed by atoms with van der Waals surface area (Å²) in [6.45, 7) is 5.67. The van der Waals surface area contributed by atoms with Gasteiger partial charge in [-0.1, -0.05) is 11.6 Å². The van der Waals surface area contributed by atoms with Gasteiger partial charge in [-0.25, -0.2) is 9.97 Å². The average molecular weight is 300 g/mol. The molecule has 1 aliphatic heterocycles. The van der Waals surface area contributed by atoms with Crippen molar-refractivity contribution in [1.29, 1.82) is 0 Å². The van der Waals surface area contributed by atoms with Gasteiger partial charge in [0.05, 0.1) is 0 Å². The molecule has 1 aliphatic rings. The largest absolute Gasteiger partial charge is 0.381 e. The van der Waals surface area contributed by atoms with E-state index in [-0.39, 0.29) is 0 Å². The van der Waals surface area contributed by atoms with Crippen molar-refractivity contribution in [3.05, 3.63) is 17.0 Å². The molecule has 1 saturated heterocycles. The van der Waals surface area contributed by atoms with Gasteiger partial charge in [0.25, 0.3) is 0 Å². The lowest BCUT2D eigenvalue weighted by atomic mass is 10.00. The summed E-state index contributed by atoms with van der Waals surface area (Å²) in [4.78, 5) is 10.8. The van der Waals surface area contributed by atoms with Crippen LogP contribution in [0.25, 0.3) is 0 Å². The zero-order chi connectivity index (χ0) is 14.4. The number of rotatable bonds is 6. The first-order chi connectivity index (χ1) is 9.69. The van der Waals surface area contributed by atoms with Crippen molar-refractivity contribution < 1.29 is 9.47 Å². The lowest BCUT2D eigenvalue weighted by Crippen LogP contribution is -2.30. The van der Waals surface area contributed by atoms with Crippen molar-refractivity contribution in [2.75, 3.05) is 38.3 Å². The van der Waals surface area contributed by atoms with Gasteiger partial charge in [0.15, 0.2) is 5.82 Å². The molecule has 0 aromatic carbocycles. The fraction of sp³-hybridized carbons (Fsp3) is 0.714. The van der Waals surface area contributed by atoms with Crippen molar-refractivity contribution in [3.8, 4) is 0 Å². The van der Waals surface area contributed by atoms with Gasteiger partial charge in [-0.15, -0.1) is 0 Å². The molecule has 1 fully saturated rings. The van der Waals surface area contributed by atoms with Gasteiger partial charge in [0.2, 0.25) is 0 Å². The Kier molecular flexibility index (Phi) is 6.01. The minimum absolute atomic E-state index is 0.398. The molecule has 0 radical (unpaired) electrons. The normalized spacial score (nSPS) is 16.4. The van der Waals surface area contributed by atoms with E-state index in [0.29, 0.717) is 30.1 Å². The molecule has 0 saturated carbocycles. The summed E-state index contributed by atoms with van der Waals surface area (Å²) >= 11 is 6.06. The maximum Gasteiger partial charge on any atom is 0.158 e. The van der Waals surface area contributed by atoms with E-state index >= 15 is 0 Å². The van der Waals surface area contributed by atoms with E-state index in [9.17, 15) is 0 Å². The molecule has 1 aromatic rings. The van der Waals surface area contributed by atoms with Crippen molar-refractivity contribution in [1.82, 2.24) is 9.97 Å². The number of halogens is 1.